The summed E-state index contributed by atoms with van der Waals surface area (Å²) in [6.45, 7) is 4.19. The molecule has 2 N–H and O–H groups in total. The fourth-order valence-corrected chi connectivity index (χ4v) is 1.81. The highest BCUT2D eigenvalue weighted by Gasteiger charge is 2.03. The van der Waals surface area contributed by atoms with E-state index in [1.54, 1.807) is 0 Å². The first-order chi connectivity index (χ1) is 7.52. The number of hydrogen-bond acceptors (Lipinski definition) is 1. The average molecular weight is 322 g/mol. The molecule has 0 unspecified atom stereocenters. The van der Waals surface area contributed by atoms with Crippen LogP contribution in [0.3, 0.4) is 0 Å². The molecule has 0 heterocycles. The second-order valence-electron chi connectivity index (χ2n) is 3.54. The van der Waals surface area contributed by atoms with Crippen molar-refractivity contribution in [3.05, 3.63) is 27.7 Å². The topological polar surface area (TPSA) is 24.1 Å². The molecule has 0 aromatic heterocycles. The summed E-state index contributed by atoms with van der Waals surface area (Å²) < 4.78 is 0.875. The minimum Gasteiger partial charge on any atom is -0.360 e. The molecule has 16 heavy (non-hydrogen) atoms. The summed E-state index contributed by atoms with van der Waals surface area (Å²) in [5.74, 6) is 0. The highest BCUT2D eigenvalue weighted by Crippen LogP contribution is 2.25. The van der Waals surface area contributed by atoms with Crippen molar-refractivity contribution in [3.8, 4) is 0 Å². The van der Waals surface area contributed by atoms with Gasteiger partial charge in [-0.05, 0) is 59.7 Å². The van der Waals surface area contributed by atoms with Gasteiger partial charge in [0.05, 0.1) is 5.02 Å². The maximum atomic E-state index is 5.98. The molecule has 1 aromatic carbocycles. The van der Waals surface area contributed by atoms with Gasteiger partial charge in [0, 0.05) is 16.2 Å². The van der Waals surface area contributed by atoms with Crippen LogP contribution in [-0.2, 0) is 0 Å². The fourth-order valence-electron chi connectivity index (χ4n) is 1.07. The van der Waals surface area contributed by atoms with Gasteiger partial charge in [-0.15, -0.1) is 0 Å². The first kappa shape index (κ1) is 13.7. The van der Waals surface area contributed by atoms with E-state index < -0.39 is 0 Å². The van der Waals surface area contributed by atoms with Crippen molar-refractivity contribution in [2.45, 2.75) is 26.3 Å². The second-order valence-corrected chi connectivity index (χ2v) is 5.21. The number of halogens is 2. The number of hydrogen-bond donors (Lipinski definition) is 2. The molecule has 88 valence electrons. The number of nitrogens with one attached hydrogen (secondary N) is 2. The molecule has 0 radical (unpaired) electrons. The minimum absolute atomic E-state index is 0.367. The lowest BCUT2D eigenvalue weighted by Crippen LogP contribution is -2.35. The Morgan fingerprint density at radius 3 is 2.81 bits per heavy atom. The molecule has 1 aromatic rings. The van der Waals surface area contributed by atoms with Gasteiger partial charge in [0.25, 0.3) is 0 Å². The molecular formula is C11H14BrClN2S. The third kappa shape index (κ3) is 4.28. The maximum absolute atomic E-state index is 5.98. The molecule has 0 fully saturated rings. The van der Waals surface area contributed by atoms with E-state index in [-0.39, 0.29) is 0 Å². The SMILES string of the molecule is CC[C@H](C)NC(=S)Nc1ccc(Br)c(Cl)c1. The van der Waals surface area contributed by atoms with E-state index in [1.807, 2.05) is 18.2 Å². The zero-order valence-electron chi connectivity index (χ0n) is 9.18. The van der Waals surface area contributed by atoms with Gasteiger partial charge in [-0.25, -0.2) is 0 Å². The summed E-state index contributed by atoms with van der Waals surface area (Å²) in [6.07, 6.45) is 1.03. The zero-order chi connectivity index (χ0) is 12.1. The summed E-state index contributed by atoms with van der Waals surface area (Å²) in [7, 11) is 0. The quantitative estimate of drug-likeness (QED) is 0.816. The lowest BCUT2D eigenvalue weighted by Gasteiger charge is -2.15. The monoisotopic (exact) mass is 320 g/mol. The van der Waals surface area contributed by atoms with Gasteiger partial charge in [-0.1, -0.05) is 18.5 Å². The summed E-state index contributed by atoms with van der Waals surface area (Å²) in [6, 6.07) is 6.00. The van der Waals surface area contributed by atoms with Crippen LogP contribution >= 0.6 is 39.7 Å². The lowest BCUT2D eigenvalue weighted by molar-refractivity contribution is 0.646. The van der Waals surface area contributed by atoms with Crippen LogP contribution in [0, 0.1) is 0 Å². The van der Waals surface area contributed by atoms with Crippen molar-refractivity contribution in [3.63, 3.8) is 0 Å². The lowest BCUT2D eigenvalue weighted by atomic mass is 10.3. The molecule has 5 heteroatoms. The molecule has 0 aliphatic carbocycles. The van der Waals surface area contributed by atoms with E-state index in [1.165, 1.54) is 0 Å². The number of anilines is 1. The van der Waals surface area contributed by atoms with Gasteiger partial charge in [0.1, 0.15) is 0 Å². The predicted molar refractivity (Wildman–Crippen MR) is 78.3 cm³/mol. The predicted octanol–water partition coefficient (Wildman–Crippen LogP) is 4.19. The van der Waals surface area contributed by atoms with E-state index in [9.17, 15) is 0 Å². The van der Waals surface area contributed by atoms with Gasteiger partial charge in [-0.3, -0.25) is 0 Å². The molecular weight excluding hydrogens is 308 g/mol. The van der Waals surface area contributed by atoms with Crippen LogP contribution in [0.4, 0.5) is 5.69 Å². The van der Waals surface area contributed by atoms with E-state index in [2.05, 4.69) is 40.4 Å². The molecule has 0 aliphatic rings. The van der Waals surface area contributed by atoms with Crippen LogP contribution in [0.25, 0.3) is 0 Å². The number of rotatable bonds is 3. The van der Waals surface area contributed by atoms with Crippen molar-refractivity contribution in [2.75, 3.05) is 5.32 Å². The second kappa shape index (κ2) is 6.42. The van der Waals surface area contributed by atoms with Gasteiger partial charge in [-0.2, -0.15) is 0 Å². The zero-order valence-corrected chi connectivity index (χ0v) is 12.3. The van der Waals surface area contributed by atoms with Crippen molar-refractivity contribution in [1.29, 1.82) is 0 Å². The van der Waals surface area contributed by atoms with Crippen molar-refractivity contribution in [1.82, 2.24) is 5.32 Å². The Morgan fingerprint density at radius 2 is 2.25 bits per heavy atom. The van der Waals surface area contributed by atoms with Gasteiger partial charge in [0.2, 0.25) is 0 Å². The van der Waals surface area contributed by atoms with Crippen LogP contribution in [0.1, 0.15) is 20.3 Å². The minimum atomic E-state index is 0.367. The largest absolute Gasteiger partial charge is 0.360 e. The van der Waals surface area contributed by atoms with Crippen LogP contribution in [0.2, 0.25) is 5.02 Å². The number of benzene rings is 1. The standard InChI is InChI=1S/C11H14BrClN2S/c1-3-7(2)14-11(16)15-8-4-5-9(12)10(13)6-8/h4-7H,3H2,1-2H3,(H2,14,15,16)/t7-/m0/s1. The Kier molecular flexibility index (Phi) is 5.52. The number of thiocarbonyl (C=S) groups is 1. The molecule has 0 amide bonds. The molecule has 0 saturated carbocycles. The highest BCUT2D eigenvalue weighted by atomic mass is 79.9. The summed E-state index contributed by atoms with van der Waals surface area (Å²) in [5.41, 5.74) is 0.883. The Bertz CT molecular complexity index is 384. The molecule has 0 aliphatic heterocycles. The molecule has 1 atom stereocenters. The van der Waals surface area contributed by atoms with Gasteiger partial charge in [0.15, 0.2) is 5.11 Å². The van der Waals surface area contributed by atoms with Gasteiger partial charge < -0.3 is 10.6 Å². The van der Waals surface area contributed by atoms with E-state index in [0.717, 1.165) is 16.6 Å². The third-order valence-electron chi connectivity index (χ3n) is 2.17. The first-order valence-electron chi connectivity index (χ1n) is 5.05. The molecule has 2 nitrogen and oxygen atoms in total. The molecule has 0 spiro atoms. The van der Waals surface area contributed by atoms with Crippen LogP contribution in [-0.4, -0.2) is 11.2 Å². The van der Waals surface area contributed by atoms with Crippen molar-refractivity contribution in [2.24, 2.45) is 0 Å². The van der Waals surface area contributed by atoms with Crippen molar-refractivity contribution >= 4 is 50.5 Å². The van der Waals surface area contributed by atoms with E-state index >= 15 is 0 Å². The smallest absolute Gasteiger partial charge is 0.170 e. The molecule has 1 rings (SSSR count). The molecule has 0 bridgehead atoms. The Labute approximate surface area is 115 Å². The average Bonchev–Trinajstić information content (AvgIpc) is 2.23. The van der Waals surface area contributed by atoms with Crippen LogP contribution < -0.4 is 10.6 Å². The van der Waals surface area contributed by atoms with E-state index in [0.29, 0.717) is 16.2 Å². The molecule has 0 saturated heterocycles. The Balaban J connectivity index is 2.59. The summed E-state index contributed by atoms with van der Waals surface area (Å²) >= 11 is 14.5. The highest BCUT2D eigenvalue weighted by molar-refractivity contribution is 9.10. The normalized spacial score (nSPS) is 12.0. The Morgan fingerprint density at radius 1 is 1.56 bits per heavy atom. The summed E-state index contributed by atoms with van der Waals surface area (Å²) in [4.78, 5) is 0. The van der Waals surface area contributed by atoms with Crippen LogP contribution in [0.15, 0.2) is 22.7 Å². The van der Waals surface area contributed by atoms with E-state index in [4.69, 9.17) is 23.8 Å². The fraction of sp³-hybridized carbons (Fsp3) is 0.364. The Hall–Kier alpha value is -0.320. The van der Waals surface area contributed by atoms with Crippen LogP contribution in [0.5, 0.6) is 0 Å². The van der Waals surface area contributed by atoms with Gasteiger partial charge >= 0.3 is 0 Å². The first-order valence-corrected chi connectivity index (χ1v) is 6.63. The third-order valence-corrected chi connectivity index (χ3v) is 3.62. The maximum Gasteiger partial charge on any atom is 0.170 e. The summed E-state index contributed by atoms with van der Waals surface area (Å²) in [5, 5.41) is 7.55. The van der Waals surface area contributed by atoms with Crippen molar-refractivity contribution < 1.29 is 0 Å².